The van der Waals surface area contributed by atoms with E-state index in [9.17, 15) is 0 Å². The molecule has 0 aromatic carbocycles. The molecule has 0 fully saturated rings. The maximum Gasteiger partial charge on any atom is 0.161 e. The van der Waals surface area contributed by atoms with Gasteiger partial charge in [0.2, 0.25) is 0 Å². The number of nitrogens with zero attached hydrogens (tertiary/aromatic N) is 4. The number of aryl methyl sites for hydroxylation is 1. The van der Waals surface area contributed by atoms with E-state index in [0.717, 1.165) is 29.8 Å². The first-order valence-corrected chi connectivity index (χ1v) is 5.33. The summed E-state index contributed by atoms with van der Waals surface area (Å²) in [5.74, 6) is 1.32. The molecule has 2 aromatic rings. The standard InChI is InChI=1S/C11H15N5/c1-3-4-9-10(12)13-7-14-11(9)16-6-8(2)5-15-16/h5-7H,3-4H2,1-2H3,(H2,12,13,14). The van der Waals surface area contributed by atoms with Crippen molar-refractivity contribution in [2.75, 3.05) is 5.73 Å². The maximum atomic E-state index is 5.86. The molecule has 0 aliphatic heterocycles. The molecule has 2 heterocycles. The van der Waals surface area contributed by atoms with Gasteiger partial charge in [0.1, 0.15) is 12.1 Å². The first kappa shape index (κ1) is 10.6. The number of anilines is 1. The largest absolute Gasteiger partial charge is 0.383 e. The Morgan fingerprint density at radius 1 is 1.38 bits per heavy atom. The van der Waals surface area contributed by atoms with Gasteiger partial charge in [0, 0.05) is 11.8 Å². The van der Waals surface area contributed by atoms with Gasteiger partial charge in [0.15, 0.2) is 5.82 Å². The molecule has 84 valence electrons. The highest BCUT2D eigenvalue weighted by molar-refractivity contribution is 5.48. The number of hydrogen-bond acceptors (Lipinski definition) is 4. The van der Waals surface area contributed by atoms with Crippen molar-refractivity contribution in [3.05, 3.63) is 29.8 Å². The van der Waals surface area contributed by atoms with Crippen molar-refractivity contribution in [1.82, 2.24) is 19.7 Å². The molecule has 2 rings (SSSR count). The highest BCUT2D eigenvalue weighted by Gasteiger charge is 2.10. The average molecular weight is 217 g/mol. The second-order valence-corrected chi connectivity index (χ2v) is 3.77. The zero-order valence-corrected chi connectivity index (χ0v) is 9.51. The molecular weight excluding hydrogens is 202 g/mol. The fourth-order valence-corrected chi connectivity index (χ4v) is 1.63. The van der Waals surface area contributed by atoms with E-state index in [1.165, 1.54) is 6.33 Å². The predicted octanol–water partition coefficient (Wildman–Crippen LogP) is 1.51. The van der Waals surface area contributed by atoms with Crippen LogP contribution in [0.25, 0.3) is 5.82 Å². The summed E-state index contributed by atoms with van der Waals surface area (Å²) in [6.45, 7) is 4.10. The van der Waals surface area contributed by atoms with Gasteiger partial charge in [-0.1, -0.05) is 13.3 Å². The van der Waals surface area contributed by atoms with E-state index in [-0.39, 0.29) is 0 Å². The monoisotopic (exact) mass is 217 g/mol. The van der Waals surface area contributed by atoms with Crippen LogP contribution in [0.4, 0.5) is 5.82 Å². The normalized spacial score (nSPS) is 10.6. The molecule has 16 heavy (non-hydrogen) atoms. The van der Waals surface area contributed by atoms with E-state index in [1.54, 1.807) is 10.9 Å². The Morgan fingerprint density at radius 2 is 2.19 bits per heavy atom. The van der Waals surface area contributed by atoms with E-state index in [2.05, 4.69) is 22.0 Å². The lowest BCUT2D eigenvalue weighted by Crippen LogP contribution is -2.08. The van der Waals surface area contributed by atoms with Crippen molar-refractivity contribution in [2.24, 2.45) is 0 Å². The van der Waals surface area contributed by atoms with Crippen LogP contribution >= 0.6 is 0 Å². The molecule has 0 aliphatic rings. The number of aromatic nitrogens is 4. The van der Waals surface area contributed by atoms with Crippen LogP contribution in [0.15, 0.2) is 18.7 Å². The fourth-order valence-electron chi connectivity index (χ4n) is 1.63. The Hall–Kier alpha value is -1.91. The van der Waals surface area contributed by atoms with Crippen molar-refractivity contribution in [3.8, 4) is 5.82 Å². The molecular formula is C11H15N5. The molecule has 0 bridgehead atoms. The van der Waals surface area contributed by atoms with Gasteiger partial charge >= 0.3 is 0 Å². The smallest absolute Gasteiger partial charge is 0.161 e. The van der Waals surface area contributed by atoms with Crippen LogP contribution in [0.3, 0.4) is 0 Å². The van der Waals surface area contributed by atoms with Crippen LogP contribution in [0.5, 0.6) is 0 Å². The number of nitrogens with two attached hydrogens (primary N) is 1. The summed E-state index contributed by atoms with van der Waals surface area (Å²) in [6, 6.07) is 0. The lowest BCUT2D eigenvalue weighted by Gasteiger charge is -2.08. The van der Waals surface area contributed by atoms with Crippen molar-refractivity contribution < 1.29 is 0 Å². The highest BCUT2D eigenvalue weighted by Crippen LogP contribution is 2.17. The Bertz CT molecular complexity index is 489. The first-order chi connectivity index (χ1) is 7.72. The summed E-state index contributed by atoms with van der Waals surface area (Å²) >= 11 is 0. The summed E-state index contributed by atoms with van der Waals surface area (Å²) in [5.41, 5.74) is 7.92. The predicted molar refractivity (Wildman–Crippen MR) is 62.3 cm³/mol. The lowest BCUT2D eigenvalue weighted by molar-refractivity contribution is 0.801. The van der Waals surface area contributed by atoms with Crippen molar-refractivity contribution in [3.63, 3.8) is 0 Å². The fraction of sp³-hybridized carbons (Fsp3) is 0.364. The Labute approximate surface area is 94.3 Å². The summed E-state index contributed by atoms with van der Waals surface area (Å²) in [5, 5.41) is 4.24. The first-order valence-electron chi connectivity index (χ1n) is 5.33. The third-order valence-corrected chi connectivity index (χ3v) is 2.38. The Morgan fingerprint density at radius 3 is 2.81 bits per heavy atom. The van der Waals surface area contributed by atoms with E-state index in [1.807, 2.05) is 13.1 Å². The Balaban J connectivity index is 2.51. The molecule has 5 heteroatoms. The molecule has 0 spiro atoms. The highest BCUT2D eigenvalue weighted by atomic mass is 15.3. The van der Waals surface area contributed by atoms with Gasteiger partial charge in [-0.25, -0.2) is 14.6 Å². The van der Waals surface area contributed by atoms with Crippen molar-refractivity contribution in [2.45, 2.75) is 26.7 Å². The molecule has 0 saturated heterocycles. The minimum absolute atomic E-state index is 0.542. The van der Waals surface area contributed by atoms with Gasteiger partial charge in [0.25, 0.3) is 0 Å². The summed E-state index contributed by atoms with van der Waals surface area (Å²) in [4.78, 5) is 8.27. The zero-order chi connectivity index (χ0) is 11.5. The second kappa shape index (κ2) is 4.30. The van der Waals surface area contributed by atoms with E-state index in [4.69, 9.17) is 5.73 Å². The minimum Gasteiger partial charge on any atom is -0.383 e. The molecule has 0 saturated carbocycles. The summed E-state index contributed by atoms with van der Waals surface area (Å²) in [6.07, 6.45) is 7.07. The molecule has 0 aliphatic carbocycles. The molecule has 2 aromatic heterocycles. The Kier molecular flexibility index (Phi) is 2.85. The van der Waals surface area contributed by atoms with Gasteiger partial charge in [-0.2, -0.15) is 5.10 Å². The molecule has 5 nitrogen and oxygen atoms in total. The van der Waals surface area contributed by atoms with Gasteiger partial charge < -0.3 is 5.73 Å². The molecule has 0 radical (unpaired) electrons. The maximum absolute atomic E-state index is 5.86. The van der Waals surface area contributed by atoms with E-state index < -0.39 is 0 Å². The van der Waals surface area contributed by atoms with Crippen LogP contribution in [0.2, 0.25) is 0 Å². The van der Waals surface area contributed by atoms with Gasteiger partial charge in [-0.05, 0) is 18.9 Å². The number of nitrogen functional groups attached to an aromatic ring is 1. The SMILES string of the molecule is CCCc1c(N)ncnc1-n1cc(C)cn1. The van der Waals surface area contributed by atoms with Crippen molar-refractivity contribution >= 4 is 5.82 Å². The minimum atomic E-state index is 0.542. The third-order valence-electron chi connectivity index (χ3n) is 2.38. The van der Waals surface area contributed by atoms with E-state index >= 15 is 0 Å². The van der Waals surface area contributed by atoms with Gasteiger partial charge in [-0.3, -0.25) is 0 Å². The van der Waals surface area contributed by atoms with Crippen LogP contribution in [0, 0.1) is 6.92 Å². The average Bonchev–Trinajstić information content (AvgIpc) is 2.68. The molecule has 0 amide bonds. The van der Waals surface area contributed by atoms with Crippen molar-refractivity contribution in [1.29, 1.82) is 0 Å². The zero-order valence-electron chi connectivity index (χ0n) is 9.51. The van der Waals surface area contributed by atoms with Gasteiger partial charge in [0.05, 0.1) is 6.20 Å². The molecule has 0 unspecified atom stereocenters. The second-order valence-electron chi connectivity index (χ2n) is 3.77. The summed E-state index contributed by atoms with van der Waals surface area (Å²) < 4.78 is 1.75. The van der Waals surface area contributed by atoms with E-state index in [0.29, 0.717) is 5.82 Å². The van der Waals surface area contributed by atoms with Crippen LogP contribution in [-0.4, -0.2) is 19.7 Å². The quantitative estimate of drug-likeness (QED) is 0.846. The number of hydrogen-bond donors (Lipinski definition) is 1. The third kappa shape index (κ3) is 1.88. The van der Waals surface area contributed by atoms with Gasteiger partial charge in [-0.15, -0.1) is 0 Å². The number of rotatable bonds is 3. The van der Waals surface area contributed by atoms with Crippen LogP contribution < -0.4 is 5.73 Å². The molecule has 0 atom stereocenters. The topological polar surface area (TPSA) is 69.6 Å². The summed E-state index contributed by atoms with van der Waals surface area (Å²) in [7, 11) is 0. The van der Waals surface area contributed by atoms with Crippen LogP contribution in [-0.2, 0) is 6.42 Å². The lowest BCUT2D eigenvalue weighted by atomic mass is 10.1. The van der Waals surface area contributed by atoms with Crippen LogP contribution in [0.1, 0.15) is 24.5 Å². The molecule has 2 N–H and O–H groups in total.